The Kier molecular flexibility index (Phi) is 8.83. The molecule has 0 bridgehead atoms. The van der Waals surface area contributed by atoms with Gasteiger partial charge in [-0.2, -0.15) is 13.2 Å². The van der Waals surface area contributed by atoms with Crippen LogP contribution in [0.2, 0.25) is 10.0 Å². The van der Waals surface area contributed by atoms with Gasteiger partial charge >= 0.3 is 18.1 Å². The van der Waals surface area contributed by atoms with Gasteiger partial charge in [-0.15, -0.1) is 0 Å². The molecule has 1 amide bonds. The smallest absolute Gasteiger partial charge is 0.487 e. The second kappa shape index (κ2) is 11.7. The molecule has 1 saturated heterocycles. The number of piperidine rings is 1. The third kappa shape index (κ3) is 6.96. The first kappa shape index (κ1) is 30.3. The number of ether oxygens (including phenoxy) is 1. The second-order valence-electron chi connectivity index (χ2n) is 9.27. The molecular formula is C24H21Cl2F5N2O6S. The first-order chi connectivity index (χ1) is 18.7. The van der Waals surface area contributed by atoms with Gasteiger partial charge in [0.05, 0.1) is 15.8 Å². The van der Waals surface area contributed by atoms with E-state index in [2.05, 4.69) is 4.84 Å². The predicted molar refractivity (Wildman–Crippen MR) is 132 cm³/mol. The van der Waals surface area contributed by atoms with Gasteiger partial charge in [0.25, 0.3) is 10.0 Å². The van der Waals surface area contributed by atoms with Crippen molar-refractivity contribution in [3.05, 3.63) is 63.1 Å². The summed E-state index contributed by atoms with van der Waals surface area (Å²) >= 11 is 12.3. The number of hydrogen-bond donors (Lipinski definition) is 0. The molecule has 8 nitrogen and oxygen atoms in total. The molecule has 4 rings (SSSR count). The average molecular weight is 631 g/mol. The molecule has 0 N–H and O–H groups in total. The van der Waals surface area contributed by atoms with E-state index in [4.69, 9.17) is 27.9 Å². The van der Waals surface area contributed by atoms with E-state index >= 15 is 4.39 Å². The van der Waals surface area contributed by atoms with Crippen molar-refractivity contribution in [2.24, 2.45) is 0 Å². The SMILES string of the molecule is O=C(c1cc(Cl)c(O[C@@H]2CCCN(Cc3ccc(F)cc3Cl)C2)cc1F)N(OC(=O)C(F)(F)F)S(=O)(=O)C1CC1. The topological polar surface area (TPSA) is 93.2 Å². The standard InChI is InChI=1S/C24H21Cl2F5N2O6S/c25-18-8-14(27)4-3-13(18)11-32-7-1-2-15(12-32)38-21-10-20(28)17(9-19(21)26)22(34)33(39-23(35)24(29,30)31)40(36,37)16-5-6-16/h3-4,8-10,15-16H,1-2,5-7,11-12H2/t15-/m1/s1. The van der Waals surface area contributed by atoms with Gasteiger partial charge in [0.1, 0.15) is 23.5 Å². The van der Waals surface area contributed by atoms with Crippen LogP contribution < -0.4 is 4.74 Å². The Balaban J connectivity index is 1.51. The molecule has 0 radical (unpaired) electrons. The maximum atomic E-state index is 15.0. The van der Waals surface area contributed by atoms with Gasteiger partial charge < -0.3 is 9.57 Å². The van der Waals surface area contributed by atoms with E-state index in [1.165, 1.54) is 12.1 Å². The van der Waals surface area contributed by atoms with Gasteiger partial charge in [-0.3, -0.25) is 9.69 Å². The summed E-state index contributed by atoms with van der Waals surface area (Å²) in [7, 11) is -4.87. The van der Waals surface area contributed by atoms with Gasteiger partial charge in [0.2, 0.25) is 0 Å². The Labute approximate surface area is 235 Å². The summed E-state index contributed by atoms with van der Waals surface area (Å²) in [5.41, 5.74) is -0.361. The number of nitrogens with zero attached hydrogens (tertiary/aromatic N) is 2. The third-order valence-electron chi connectivity index (χ3n) is 6.16. The fourth-order valence-electron chi connectivity index (χ4n) is 4.04. The number of likely N-dealkylation sites (tertiary alicyclic amines) is 1. The largest absolute Gasteiger partial charge is 0.493 e. The minimum Gasteiger partial charge on any atom is -0.487 e. The van der Waals surface area contributed by atoms with Crippen LogP contribution in [0, 0.1) is 11.6 Å². The van der Waals surface area contributed by atoms with E-state index in [0.717, 1.165) is 0 Å². The second-order valence-corrected chi connectivity index (χ2v) is 12.1. The van der Waals surface area contributed by atoms with E-state index in [1.54, 1.807) is 6.07 Å². The van der Waals surface area contributed by atoms with Crippen LogP contribution in [-0.4, -0.2) is 60.3 Å². The lowest BCUT2D eigenvalue weighted by molar-refractivity contribution is -0.217. The summed E-state index contributed by atoms with van der Waals surface area (Å²) < 4.78 is 96.7. The lowest BCUT2D eigenvalue weighted by Gasteiger charge is -2.33. The highest BCUT2D eigenvalue weighted by Gasteiger charge is 2.50. The maximum absolute atomic E-state index is 15.0. The number of carbonyl (C=O) groups excluding carboxylic acids is 2. The Hall–Kier alpha value is -2.68. The summed E-state index contributed by atoms with van der Waals surface area (Å²) in [5.74, 6) is -6.88. The fraction of sp³-hybridized carbons (Fsp3) is 0.417. The van der Waals surface area contributed by atoms with Crippen molar-refractivity contribution in [1.82, 2.24) is 9.37 Å². The van der Waals surface area contributed by atoms with Crippen LogP contribution in [0.1, 0.15) is 41.6 Å². The number of benzene rings is 2. The molecule has 1 aliphatic heterocycles. The number of rotatable bonds is 7. The van der Waals surface area contributed by atoms with E-state index < -0.39 is 61.1 Å². The summed E-state index contributed by atoms with van der Waals surface area (Å²) in [6.45, 7) is 1.41. The lowest BCUT2D eigenvalue weighted by atomic mass is 10.1. The van der Waals surface area contributed by atoms with Crippen LogP contribution in [0.4, 0.5) is 22.0 Å². The minimum absolute atomic E-state index is 0.0114. The average Bonchev–Trinajstić information content (AvgIpc) is 3.72. The number of sulfonamides is 1. The van der Waals surface area contributed by atoms with E-state index in [1.807, 2.05) is 4.90 Å². The van der Waals surface area contributed by atoms with Gasteiger partial charge in [-0.25, -0.2) is 22.0 Å². The molecule has 1 heterocycles. The lowest BCUT2D eigenvalue weighted by Crippen LogP contribution is -2.44. The van der Waals surface area contributed by atoms with Gasteiger partial charge in [0, 0.05) is 24.2 Å². The quantitative estimate of drug-likeness (QED) is 0.304. The van der Waals surface area contributed by atoms with E-state index in [-0.39, 0.29) is 28.6 Å². The third-order valence-corrected chi connectivity index (χ3v) is 8.82. The molecular weight excluding hydrogens is 610 g/mol. The van der Waals surface area contributed by atoms with Crippen LogP contribution in [0.25, 0.3) is 0 Å². The Morgan fingerprint density at radius 2 is 1.75 bits per heavy atom. The summed E-state index contributed by atoms with van der Waals surface area (Å²) in [6.07, 6.45) is -4.87. The first-order valence-corrected chi connectivity index (χ1v) is 14.1. The normalized spacial score (nSPS) is 18.3. The molecule has 2 aromatic rings. The van der Waals surface area contributed by atoms with Crippen LogP contribution in [-0.2, 0) is 26.2 Å². The van der Waals surface area contributed by atoms with Crippen molar-refractivity contribution in [3.8, 4) is 5.75 Å². The molecule has 0 spiro atoms. The van der Waals surface area contributed by atoms with Crippen LogP contribution in [0.15, 0.2) is 30.3 Å². The fourth-order valence-corrected chi connectivity index (χ4v) is 5.98. The zero-order chi connectivity index (χ0) is 29.4. The minimum atomic E-state index is -5.62. The highest BCUT2D eigenvalue weighted by molar-refractivity contribution is 7.90. The zero-order valence-corrected chi connectivity index (χ0v) is 22.7. The highest BCUT2D eigenvalue weighted by Crippen LogP contribution is 2.35. The number of carbonyl (C=O) groups is 2. The molecule has 2 aliphatic rings. The highest BCUT2D eigenvalue weighted by atomic mass is 35.5. The van der Waals surface area contributed by atoms with Crippen LogP contribution in [0.5, 0.6) is 5.75 Å². The summed E-state index contributed by atoms with van der Waals surface area (Å²) in [6, 6.07) is 5.42. The molecule has 1 atom stereocenters. The number of hydroxylamine groups is 1. The summed E-state index contributed by atoms with van der Waals surface area (Å²) in [4.78, 5) is 30.0. The monoisotopic (exact) mass is 630 g/mol. The molecule has 40 heavy (non-hydrogen) atoms. The molecule has 2 aromatic carbocycles. The van der Waals surface area contributed by atoms with Gasteiger partial charge in [-0.1, -0.05) is 33.7 Å². The molecule has 0 aromatic heterocycles. The van der Waals surface area contributed by atoms with Crippen molar-refractivity contribution < 1.29 is 49.5 Å². The van der Waals surface area contributed by atoms with Crippen molar-refractivity contribution in [3.63, 3.8) is 0 Å². The number of halogens is 7. The van der Waals surface area contributed by atoms with E-state index in [0.29, 0.717) is 50.2 Å². The zero-order valence-electron chi connectivity index (χ0n) is 20.4. The van der Waals surface area contributed by atoms with Gasteiger partial charge in [-0.05, 0) is 56.0 Å². The maximum Gasteiger partial charge on any atom is 0.493 e. The van der Waals surface area contributed by atoms with Gasteiger partial charge in [0.15, 0.2) is 0 Å². The van der Waals surface area contributed by atoms with Crippen LogP contribution >= 0.6 is 23.2 Å². The molecule has 1 saturated carbocycles. The van der Waals surface area contributed by atoms with Crippen molar-refractivity contribution in [2.45, 2.75) is 49.8 Å². The van der Waals surface area contributed by atoms with Crippen molar-refractivity contribution in [1.29, 1.82) is 0 Å². The molecule has 16 heteroatoms. The number of hydrogen-bond acceptors (Lipinski definition) is 7. The molecule has 1 aliphatic carbocycles. The predicted octanol–water partition coefficient (Wildman–Crippen LogP) is 5.27. The molecule has 0 unspecified atom stereocenters. The Morgan fingerprint density at radius 3 is 2.38 bits per heavy atom. The molecule has 2 fully saturated rings. The first-order valence-electron chi connectivity index (χ1n) is 11.9. The number of alkyl halides is 3. The summed E-state index contributed by atoms with van der Waals surface area (Å²) in [5, 5.41) is -1.35. The van der Waals surface area contributed by atoms with Crippen LogP contribution in [0.3, 0.4) is 0 Å². The molecule has 218 valence electrons. The number of amides is 1. The van der Waals surface area contributed by atoms with E-state index in [9.17, 15) is 35.6 Å². The van der Waals surface area contributed by atoms with Crippen molar-refractivity contribution >= 4 is 45.1 Å². The Bertz CT molecular complexity index is 1420. The van der Waals surface area contributed by atoms with Crippen molar-refractivity contribution in [2.75, 3.05) is 13.1 Å². The Morgan fingerprint density at radius 1 is 1.05 bits per heavy atom.